The molecule has 0 aliphatic heterocycles. The number of rotatable bonds is 7. The molecule has 0 amide bonds. The first-order valence-corrected chi connectivity index (χ1v) is 7.13. The highest BCUT2D eigenvalue weighted by Gasteiger charge is 2.16. The molecule has 0 spiro atoms. The minimum atomic E-state index is -0.156. The highest BCUT2D eigenvalue weighted by molar-refractivity contribution is 6.30. The Kier molecular flexibility index (Phi) is 6.66. The molecule has 0 heterocycles. The summed E-state index contributed by atoms with van der Waals surface area (Å²) < 4.78 is 13.7. The third-order valence-corrected chi connectivity index (χ3v) is 3.57. The number of halogens is 2. The second-order valence-corrected chi connectivity index (χ2v) is 5.32. The first-order chi connectivity index (χ1) is 8.58. The fraction of sp³-hybridized carbons (Fsp3) is 0.600. The van der Waals surface area contributed by atoms with Gasteiger partial charge in [0.1, 0.15) is 5.82 Å². The molecule has 1 aromatic carbocycles. The molecule has 2 atom stereocenters. The molecule has 3 heteroatoms. The molecule has 0 aliphatic rings. The first-order valence-electron chi connectivity index (χ1n) is 6.75. The van der Waals surface area contributed by atoms with Crippen LogP contribution < -0.4 is 5.32 Å². The van der Waals surface area contributed by atoms with E-state index in [1.165, 1.54) is 6.07 Å². The van der Waals surface area contributed by atoms with Gasteiger partial charge in [-0.1, -0.05) is 32.4 Å². The topological polar surface area (TPSA) is 12.0 Å². The van der Waals surface area contributed by atoms with Crippen molar-refractivity contribution in [1.29, 1.82) is 0 Å². The second kappa shape index (κ2) is 7.75. The van der Waals surface area contributed by atoms with Crippen LogP contribution >= 0.6 is 11.6 Å². The quantitative estimate of drug-likeness (QED) is 0.773. The third-order valence-electron chi connectivity index (χ3n) is 3.33. The lowest BCUT2D eigenvalue weighted by molar-refractivity contribution is 0.361. The van der Waals surface area contributed by atoms with E-state index in [1.54, 1.807) is 12.1 Å². The summed E-state index contributed by atoms with van der Waals surface area (Å²) in [4.78, 5) is 0. The molecule has 2 unspecified atom stereocenters. The Morgan fingerprint density at radius 1 is 1.33 bits per heavy atom. The molecular weight excluding hydrogens is 249 g/mol. The summed E-state index contributed by atoms with van der Waals surface area (Å²) in [5.41, 5.74) is 0.715. The van der Waals surface area contributed by atoms with Crippen LogP contribution in [0.3, 0.4) is 0 Å². The zero-order chi connectivity index (χ0) is 13.5. The molecule has 18 heavy (non-hydrogen) atoms. The Labute approximate surface area is 115 Å². The zero-order valence-electron chi connectivity index (χ0n) is 11.5. The minimum absolute atomic E-state index is 0.156. The van der Waals surface area contributed by atoms with Crippen LogP contribution in [0.5, 0.6) is 0 Å². The van der Waals surface area contributed by atoms with Gasteiger partial charge in [-0.25, -0.2) is 4.39 Å². The van der Waals surface area contributed by atoms with Crippen molar-refractivity contribution in [3.63, 3.8) is 0 Å². The van der Waals surface area contributed by atoms with Gasteiger partial charge in [-0.2, -0.15) is 0 Å². The molecule has 1 rings (SSSR count). The lowest BCUT2D eigenvalue weighted by Crippen LogP contribution is -2.36. The Hall–Kier alpha value is -0.600. The van der Waals surface area contributed by atoms with Gasteiger partial charge in [-0.3, -0.25) is 0 Å². The SMILES string of the molecule is CCCNC(CC)C(C)Cc1cc(Cl)ccc1F. The van der Waals surface area contributed by atoms with Gasteiger partial charge in [0.25, 0.3) is 0 Å². The average Bonchev–Trinajstić information content (AvgIpc) is 2.35. The molecule has 0 aliphatic carbocycles. The third kappa shape index (κ3) is 4.58. The monoisotopic (exact) mass is 271 g/mol. The Morgan fingerprint density at radius 2 is 2.06 bits per heavy atom. The van der Waals surface area contributed by atoms with Gasteiger partial charge in [0, 0.05) is 11.1 Å². The fourth-order valence-electron chi connectivity index (χ4n) is 2.27. The number of nitrogens with one attached hydrogen (secondary N) is 1. The van der Waals surface area contributed by atoms with Crippen molar-refractivity contribution in [1.82, 2.24) is 5.32 Å². The van der Waals surface area contributed by atoms with Crippen LogP contribution in [0.15, 0.2) is 18.2 Å². The lowest BCUT2D eigenvalue weighted by Gasteiger charge is -2.24. The van der Waals surface area contributed by atoms with E-state index < -0.39 is 0 Å². The Morgan fingerprint density at radius 3 is 2.67 bits per heavy atom. The van der Waals surface area contributed by atoms with E-state index in [-0.39, 0.29) is 5.82 Å². The van der Waals surface area contributed by atoms with Gasteiger partial charge in [0.15, 0.2) is 0 Å². The molecule has 102 valence electrons. The zero-order valence-corrected chi connectivity index (χ0v) is 12.2. The molecule has 0 saturated heterocycles. The van der Waals surface area contributed by atoms with Crippen LogP contribution in [0.25, 0.3) is 0 Å². The van der Waals surface area contributed by atoms with Gasteiger partial charge in [-0.05, 0) is 55.5 Å². The molecule has 0 aromatic heterocycles. The molecule has 0 radical (unpaired) electrons. The van der Waals surface area contributed by atoms with E-state index in [4.69, 9.17) is 11.6 Å². The number of hydrogen-bond donors (Lipinski definition) is 1. The summed E-state index contributed by atoms with van der Waals surface area (Å²) in [6.07, 6.45) is 2.90. The highest BCUT2D eigenvalue weighted by atomic mass is 35.5. The maximum absolute atomic E-state index is 13.7. The van der Waals surface area contributed by atoms with Crippen molar-refractivity contribution in [3.05, 3.63) is 34.6 Å². The molecule has 0 saturated carbocycles. The normalized spacial score (nSPS) is 14.5. The van der Waals surface area contributed by atoms with E-state index in [9.17, 15) is 4.39 Å². The Balaban J connectivity index is 2.66. The largest absolute Gasteiger partial charge is 0.314 e. The average molecular weight is 272 g/mol. The van der Waals surface area contributed by atoms with E-state index in [1.807, 2.05) is 0 Å². The van der Waals surface area contributed by atoms with Crippen molar-refractivity contribution in [2.45, 2.75) is 46.1 Å². The summed E-state index contributed by atoms with van der Waals surface area (Å²) in [5.74, 6) is 0.242. The summed E-state index contributed by atoms with van der Waals surface area (Å²) >= 11 is 5.92. The standard InChI is InChI=1S/C15H23ClFN/c1-4-8-18-15(5-2)11(3)9-12-10-13(16)6-7-14(12)17/h6-7,10-11,15,18H,4-5,8-9H2,1-3H3. The van der Waals surface area contributed by atoms with Crippen molar-refractivity contribution >= 4 is 11.6 Å². The summed E-state index contributed by atoms with van der Waals surface area (Å²) in [7, 11) is 0. The molecule has 0 bridgehead atoms. The molecule has 0 fully saturated rings. The van der Waals surface area contributed by atoms with E-state index >= 15 is 0 Å². The molecule has 1 aromatic rings. The predicted molar refractivity (Wildman–Crippen MR) is 76.7 cm³/mol. The van der Waals surface area contributed by atoms with Crippen molar-refractivity contribution in [2.24, 2.45) is 5.92 Å². The predicted octanol–water partition coefficient (Wildman–Crippen LogP) is 4.44. The smallest absolute Gasteiger partial charge is 0.126 e. The van der Waals surface area contributed by atoms with Crippen LogP contribution in [0.1, 0.15) is 39.2 Å². The van der Waals surface area contributed by atoms with Crippen molar-refractivity contribution in [3.8, 4) is 0 Å². The van der Waals surface area contributed by atoms with Crippen LogP contribution in [-0.2, 0) is 6.42 Å². The first kappa shape index (κ1) is 15.5. The summed E-state index contributed by atoms with van der Waals surface area (Å²) in [6, 6.07) is 5.21. The lowest BCUT2D eigenvalue weighted by atomic mass is 9.92. The number of hydrogen-bond acceptors (Lipinski definition) is 1. The van der Waals surface area contributed by atoms with Gasteiger partial charge in [-0.15, -0.1) is 0 Å². The van der Waals surface area contributed by atoms with E-state index in [0.29, 0.717) is 22.5 Å². The fourth-order valence-corrected chi connectivity index (χ4v) is 2.46. The van der Waals surface area contributed by atoms with Crippen LogP contribution in [0.4, 0.5) is 4.39 Å². The van der Waals surface area contributed by atoms with Gasteiger partial charge in [0.05, 0.1) is 0 Å². The molecular formula is C15H23ClFN. The summed E-state index contributed by atoms with van der Waals surface area (Å²) in [5, 5.41) is 4.12. The van der Waals surface area contributed by atoms with Crippen molar-refractivity contribution in [2.75, 3.05) is 6.54 Å². The molecule has 1 N–H and O–H groups in total. The highest BCUT2D eigenvalue weighted by Crippen LogP contribution is 2.20. The van der Waals surface area contributed by atoms with E-state index in [0.717, 1.165) is 25.8 Å². The van der Waals surface area contributed by atoms with Gasteiger partial charge in [0.2, 0.25) is 0 Å². The van der Waals surface area contributed by atoms with E-state index in [2.05, 4.69) is 26.1 Å². The molecule has 1 nitrogen and oxygen atoms in total. The maximum atomic E-state index is 13.7. The Bertz CT molecular complexity index is 368. The minimum Gasteiger partial charge on any atom is -0.314 e. The van der Waals surface area contributed by atoms with Crippen molar-refractivity contribution < 1.29 is 4.39 Å². The van der Waals surface area contributed by atoms with Gasteiger partial charge < -0.3 is 5.32 Å². The number of benzene rings is 1. The van der Waals surface area contributed by atoms with Crippen LogP contribution in [-0.4, -0.2) is 12.6 Å². The van der Waals surface area contributed by atoms with Gasteiger partial charge >= 0.3 is 0 Å². The second-order valence-electron chi connectivity index (χ2n) is 4.89. The van der Waals surface area contributed by atoms with Crippen LogP contribution in [0.2, 0.25) is 5.02 Å². The van der Waals surface area contributed by atoms with Crippen LogP contribution in [0, 0.1) is 11.7 Å². The maximum Gasteiger partial charge on any atom is 0.126 e. The summed E-state index contributed by atoms with van der Waals surface area (Å²) in [6.45, 7) is 7.50.